The highest BCUT2D eigenvalue weighted by atomic mass is 16.7. The number of hydrogen-bond donors (Lipinski definition) is 1. The van der Waals surface area contributed by atoms with Gasteiger partial charge in [-0.2, -0.15) is 0 Å². The van der Waals surface area contributed by atoms with Gasteiger partial charge in [0, 0.05) is 24.9 Å². The van der Waals surface area contributed by atoms with Crippen molar-refractivity contribution in [2.24, 2.45) is 0 Å². The molecular weight excluding hydrogens is 268 g/mol. The molecule has 1 spiro atoms. The molecule has 0 aromatic heterocycles. The molecule has 21 heavy (non-hydrogen) atoms. The van der Waals surface area contributed by atoms with Crippen LogP contribution in [0.4, 0.5) is 0 Å². The van der Waals surface area contributed by atoms with Crippen molar-refractivity contribution in [2.75, 3.05) is 39.9 Å². The van der Waals surface area contributed by atoms with Gasteiger partial charge in [0.15, 0.2) is 5.79 Å². The predicted octanol–water partition coefficient (Wildman–Crippen LogP) is 1.06. The SMILES string of the molecule is CCN1CCC(N(C)C2CC3(CCC2O)OCCO3)CC1. The van der Waals surface area contributed by atoms with Gasteiger partial charge in [-0.25, -0.2) is 0 Å². The van der Waals surface area contributed by atoms with E-state index >= 15 is 0 Å². The average molecular weight is 298 g/mol. The number of likely N-dealkylation sites (N-methyl/N-ethyl adjacent to an activating group) is 1. The first-order valence-electron chi connectivity index (χ1n) is 8.54. The molecule has 1 N–H and O–H groups in total. The number of ether oxygens (including phenoxy) is 2. The average Bonchev–Trinajstić information content (AvgIpc) is 2.98. The van der Waals surface area contributed by atoms with E-state index < -0.39 is 5.79 Å². The Balaban J connectivity index is 1.61. The minimum Gasteiger partial charge on any atom is -0.391 e. The fraction of sp³-hybridized carbons (Fsp3) is 1.00. The molecule has 3 fully saturated rings. The summed E-state index contributed by atoms with van der Waals surface area (Å²) in [5.74, 6) is -0.414. The van der Waals surface area contributed by atoms with E-state index in [1.807, 2.05) is 0 Å². The molecule has 2 saturated heterocycles. The Bertz CT molecular complexity index is 338. The number of piperidine rings is 1. The van der Waals surface area contributed by atoms with E-state index in [4.69, 9.17) is 9.47 Å². The summed E-state index contributed by atoms with van der Waals surface area (Å²) in [4.78, 5) is 4.91. The zero-order valence-corrected chi connectivity index (χ0v) is 13.5. The van der Waals surface area contributed by atoms with Crippen molar-refractivity contribution >= 4 is 0 Å². The lowest BCUT2D eigenvalue weighted by atomic mass is 9.85. The highest BCUT2D eigenvalue weighted by Gasteiger charge is 2.46. The molecule has 0 radical (unpaired) electrons. The third-order valence-electron chi connectivity index (χ3n) is 5.70. The first-order valence-corrected chi connectivity index (χ1v) is 8.54. The normalized spacial score (nSPS) is 34.9. The summed E-state index contributed by atoms with van der Waals surface area (Å²) < 4.78 is 11.7. The van der Waals surface area contributed by atoms with Gasteiger partial charge in [0.2, 0.25) is 0 Å². The van der Waals surface area contributed by atoms with Crippen LogP contribution in [0.3, 0.4) is 0 Å². The second-order valence-corrected chi connectivity index (χ2v) is 6.82. The highest BCUT2D eigenvalue weighted by molar-refractivity contribution is 4.94. The van der Waals surface area contributed by atoms with E-state index in [1.54, 1.807) is 0 Å². The lowest BCUT2D eigenvalue weighted by molar-refractivity contribution is -0.206. The third-order valence-corrected chi connectivity index (χ3v) is 5.70. The van der Waals surface area contributed by atoms with Gasteiger partial charge in [-0.1, -0.05) is 6.92 Å². The van der Waals surface area contributed by atoms with Crippen LogP contribution < -0.4 is 0 Å². The molecule has 0 aromatic carbocycles. The van der Waals surface area contributed by atoms with E-state index in [0.29, 0.717) is 19.3 Å². The van der Waals surface area contributed by atoms with E-state index in [2.05, 4.69) is 23.8 Å². The van der Waals surface area contributed by atoms with E-state index in [-0.39, 0.29) is 12.1 Å². The summed E-state index contributed by atoms with van der Waals surface area (Å²) in [7, 11) is 2.17. The molecule has 5 heteroatoms. The zero-order valence-electron chi connectivity index (χ0n) is 13.5. The number of likely N-dealkylation sites (tertiary alicyclic amines) is 1. The molecule has 0 bridgehead atoms. The molecule has 0 amide bonds. The van der Waals surface area contributed by atoms with Gasteiger partial charge in [0.05, 0.1) is 19.3 Å². The van der Waals surface area contributed by atoms with E-state index in [1.165, 1.54) is 25.9 Å². The molecule has 3 rings (SSSR count). The Hall–Kier alpha value is -0.200. The van der Waals surface area contributed by atoms with Crippen molar-refractivity contribution in [3.63, 3.8) is 0 Å². The van der Waals surface area contributed by atoms with Crippen molar-refractivity contribution in [1.82, 2.24) is 9.80 Å². The quantitative estimate of drug-likeness (QED) is 0.844. The number of hydrogen-bond acceptors (Lipinski definition) is 5. The van der Waals surface area contributed by atoms with Gasteiger partial charge >= 0.3 is 0 Å². The Kier molecular flexibility index (Phi) is 4.86. The van der Waals surface area contributed by atoms with Crippen molar-refractivity contribution in [3.05, 3.63) is 0 Å². The largest absolute Gasteiger partial charge is 0.391 e. The lowest BCUT2D eigenvalue weighted by Gasteiger charge is -2.47. The van der Waals surface area contributed by atoms with Gasteiger partial charge in [-0.3, -0.25) is 4.90 Å². The standard InChI is InChI=1S/C16H30N2O3/c1-3-18-8-5-13(6-9-18)17(2)14-12-16(7-4-15(14)19)20-10-11-21-16/h13-15,19H,3-12H2,1-2H3. The molecule has 2 heterocycles. The van der Waals surface area contributed by atoms with Gasteiger partial charge in [0.1, 0.15) is 0 Å². The van der Waals surface area contributed by atoms with Crippen LogP contribution >= 0.6 is 0 Å². The minimum atomic E-state index is -0.414. The number of rotatable bonds is 3. The smallest absolute Gasteiger partial charge is 0.170 e. The fourth-order valence-electron chi connectivity index (χ4n) is 4.21. The molecule has 5 nitrogen and oxygen atoms in total. The molecule has 2 aliphatic heterocycles. The van der Waals surface area contributed by atoms with Crippen LogP contribution in [-0.2, 0) is 9.47 Å². The summed E-state index contributed by atoms with van der Waals surface area (Å²) in [6.07, 6.45) is 4.55. The molecule has 0 aromatic rings. The van der Waals surface area contributed by atoms with E-state index in [0.717, 1.165) is 25.8 Å². The van der Waals surface area contributed by atoms with Crippen LogP contribution in [0.1, 0.15) is 39.0 Å². The first-order chi connectivity index (χ1) is 10.1. The summed E-state index contributed by atoms with van der Waals surface area (Å²) >= 11 is 0. The topological polar surface area (TPSA) is 45.2 Å². The molecule has 1 saturated carbocycles. The molecule has 122 valence electrons. The first kappa shape index (κ1) is 15.7. The molecule has 2 unspecified atom stereocenters. The maximum atomic E-state index is 10.4. The van der Waals surface area contributed by atoms with Crippen molar-refractivity contribution in [3.8, 4) is 0 Å². The number of aliphatic hydroxyl groups excluding tert-OH is 1. The Morgan fingerprint density at radius 2 is 1.86 bits per heavy atom. The minimum absolute atomic E-state index is 0.162. The fourth-order valence-corrected chi connectivity index (χ4v) is 4.21. The van der Waals surface area contributed by atoms with Crippen LogP contribution in [0.5, 0.6) is 0 Å². The Morgan fingerprint density at radius 1 is 1.19 bits per heavy atom. The molecule has 1 aliphatic carbocycles. The summed E-state index contributed by atoms with van der Waals surface area (Å²) in [5.41, 5.74) is 0. The number of aliphatic hydroxyl groups is 1. The highest BCUT2D eigenvalue weighted by Crippen LogP contribution is 2.38. The van der Waals surface area contributed by atoms with Crippen molar-refractivity contribution in [2.45, 2.75) is 63.0 Å². The maximum absolute atomic E-state index is 10.4. The second-order valence-electron chi connectivity index (χ2n) is 6.82. The molecular formula is C16H30N2O3. The van der Waals surface area contributed by atoms with Crippen LogP contribution in [0.15, 0.2) is 0 Å². The van der Waals surface area contributed by atoms with Gasteiger partial charge in [0.25, 0.3) is 0 Å². The molecule has 2 atom stereocenters. The van der Waals surface area contributed by atoms with Crippen LogP contribution in [-0.4, -0.2) is 78.8 Å². The maximum Gasteiger partial charge on any atom is 0.170 e. The third kappa shape index (κ3) is 3.27. The van der Waals surface area contributed by atoms with Gasteiger partial charge in [-0.05, 0) is 45.9 Å². The Labute approximate surface area is 128 Å². The van der Waals surface area contributed by atoms with Crippen molar-refractivity contribution in [1.29, 1.82) is 0 Å². The summed E-state index contributed by atoms with van der Waals surface area (Å²) in [6.45, 7) is 7.11. The second kappa shape index (κ2) is 6.50. The molecule has 3 aliphatic rings. The van der Waals surface area contributed by atoms with Crippen LogP contribution in [0.25, 0.3) is 0 Å². The lowest BCUT2D eigenvalue weighted by Crippen LogP contribution is -2.56. The van der Waals surface area contributed by atoms with Crippen LogP contribution in [0.2, 0.25) is 0 Å². The Morgan fingerprint density at radius 3 is 2.48 bits per heavy atom. The van der Waals surface area contributed by atoms with E-state index in [9.17, 15) is 5.11 Å². The van der Waals surface area contributed by atoms with Gasteiger partial charge in [-0.15, -0.1) is 0 Å². The van der Waals surface area contributed by atoms with Gasteiger partial charge < -0.3 is 19.5 Å². The predicted molar refractivity (Wildman–Crippen MR) is 81.2 cm³/mol. The zero-order chi connectivity index (χ0) is 14.9. The van der Waals surface area contributed by atoms with Crippen LogP contribution in [0, 0.1) is 0 Å². The van der Waals surface area contributed by atoms with Crippen molar-refractivity contribution < 1.29 is 14.6 Å². The summed E-state index contributed by atoms with van der Waals surface area (Å²) in [5, 5.41) is 10.4. The monoisotopic (exact) mass is 298 g/mol. The summed E-state index contributed by atoms with van der Waals surface area (Å²) in [6, 6.07) is 0.735. The number of nitrogens with zero attached hydrogens (tertiary/aromatic N) is 2.